The minimum absolute atomic E-state index is 0.791. The van der Waals surface area contributed by atoms with Gasteiger partial charge in [-0.2, -0.15) is 8.42 Å². The fourth-order valence-corrected chi connectivity index (χ4v) is 6.33. The molecule has 3 aliphatic heterocycles. The molecule has 3 fully saturated rings. The average Bonchev–Trinajstić information content (AvgIpc) is 3.10. The van der Waals surface area contributed by atoms with Crippen LogP contribution >= 0.6 is 0 Å². The second kappa shape index (κ2) is 20.0. The van der Waals surface area contributed by atoms with Crippen molar-refractivity contribution >= 4 is 22.2 Å². The first-order chi connectivity index (χ1) is 25.1. The van der Waals surface area contributed by atoms with Gasteiger partial charge in [-0.1, -0.05) is 0 Å². The highest BCUT2D eigenvalue weighted by atomic mass is 32.3. The van der Waals surface area contributed by atoms with Crippen molar-refractivity contribution < 1.29 is 111 Å². The predicted molar refractivity (Wildman–Crippen MR) is 168 cm³/mol. The smallest absolute Gasteiger partial charge is 0.394 e. The van der Waals surface area contributed by atoms with Crippen LogP contribution in [0.3, 0.4) is 0 Å². The Bertz CT molecular complexity index is 1310. The van der Waals surface area contributed by atoms with Gasteiger partial charge in [-0.15, -0.1) is 0 Å². The van der Waals surface area contributed by atoms with E-state index in [2.05, 4.69) is 14.8 Å². The first-order valence-corrected chi connectivity index (χ1v) is 17.9. The van der Waals surface area contributed by atoms with Crippen LogP contribution < -0.4 is 10.6 Å². The number of hydrogen-bond donors (Lipinski definition) is 14. The van der Waals surface area contributed by atoms with Crippen molar-refractivity contribution in [1.82, 2.24) is 10.6 Å². The van der Waals surface area contributed by atoms with Crippen LogP contribution in [0.5, 0.6) is 0 Å². The molecule has 0 spiro atoms. The molecule has 0 aromatic carbocycles. The largest absolute Gasteiger partial charge is 0.397 e. The molecule has 2 amide bonds. The van der Waals surface area contributed by atoms with Crippen molar-refractivity contribution in [2.45, 2.75) is 137 Å². The number of carbonyl (C=O) groups is 2. The van der Waals surface area contributed by atoms with Gasteiger partial charge in [-0.05, 0) is 6.92 Å². The van der Waals surface area contributed by atoms with E-state index in [0.29, 0.717) is 0 Å². The summed E-state index contributed by atoms with van der Waals surface area (Å²) in [5, 5.41) is 118. The molecule has 0 aliphatic carbocycles. The van der Waals surface area contributed by atoms with Gasteiger partial charge in [0.2, 0.25) is 11.8 Å². The number of nitrogens with one attached hydrogen (secondary N) is 2. The molecule has 54 heavy (non-hydrogen) atoms. The van der Waals surface area contributed by atoms with Crippen molar-refractivity contribution in [2.75, 3.05) is 26.4 Å². The lowest BCUT2D eigenvalue weighted by Crippen LogP contribution is -2.71. The van der Waals surface area contributed by atoms with Crippen LogP contribution in [0.2, 0.25) is 0 Å². The van der Waals surface area contributed by atoms with Crippen molar-refractivity contribution in [2.24, 2.45) is 0 Å². The molecule has 0 radical (unpaired) electrons. The van der Waals surface area contributed by atoms with E-state index in [-0.39, 0.29) is 0 Å². The number of rotatable bonds is 17. The summed E-state index contributed by atoms with van der Waals surface area (Å²) < 4.78 is 72.1. The quantitative estimate of drug-likeness (QED) is 0.0606. The number of carbonyl (C=O) groups excluding carboxylic acids is 2. The molecule has 0 saturated carbocycles. The van der Waals surface area contributed by atoms with Crippen molar-refractivity contribution in [3.8, 4) is 0 Å². The molecule has 316 valence electrons. The first kappa shape index (κ1) is 46.5. The zero-order valence-electron chi connectivity index (χ0n) is 29.1. The molecule has 19 atom stereocenters. The third-order valence-corrected chi connectivity index (χ3v) is 9.26. The Labute approximate surface area is 307 Å². The van der Waals surface area contributed by atoms with Crippen molar-refractivity contribution in [1.29, 1.82) is 0 Å². The van der Waals surface area contributed by atoms with Crippen molar-refractivity contribution in [3.05, 3.63) is 0 Å². The molecule has 0 aromatic rings. The molecule has 26 heteroatoms. The normalized spacial score (nSPS) is 39.9. The van der Waals surface area contributed by atoms with Crippen molar-refractivity contribution in [3.63, 3.8) is 0 Å². The highest BCUT2D eigenvalue weighted by Crippen LogP contribution is 2.35. The van der Waals surface area contributed by atoms with E-state index in [0.717, 1.165) is 13.8 Å². The van der Waals surface area contributed by atoms with Crippen LogP contribution in [0.1, 0.15) is 20.8 Å². The number of aliphatic hydroxyl groups is 11. The van der Waals surface area contributed by atoms with Gasteiger partial charge in [0.1, 0.15) is 85.4 Å². The maximum atomic E-state index is 12.7. The number of amides is 2. The highest BCUT2D eigenvalue weighted by Gasteiger charge is 2.56. The Morgan fingerprint density at radius 1 is 0.741 bits per heavy atom. The molecule has 0 aromatic heterocycles. The summed E-state index contributed by atoms with van der Waals surface area (Å²) in [6.45, 7) is -1.01. The van der Waals surface area contributed by atoms with E-state index < -0.39 is 165 Å². The van der Waals surface area contributed by atoms with Gasteiger partial charge in [-0.25, -0.2) is 4.18 Å². The van der Waals surface area contributed by atoms with E-state index in [9.17, 15) is 78.7 Å². The zero-order chi connectivity index (χ0) is 40.8. The van der Waals surface area contributed by atoms with Gasteiger partial charge in [0.15, 0.2) is 18.9 Å². The Hall–Kier alpha value is -1.87. The molecule has 3 heterocycles. The second-order valence-corrected chi connectivity index (χ2v) is 14.0. The van der Waals surface area contributed by atoms with Crippen LogP contribution in [0.4, 0.5) is 0 Å². The molecule has 0 bridgehead atoms. The van der Waals surface area contributed by atoms with E-state index in [4.69, 9.17) is 28.4 Å². The van der Waals surface area contributed by atoms with Crippen LogP contribution in [0.25, 0.3) is 0 Å². The summed E-state index contributed by atoms with van der Waals surface area (Å²) in [6.07, 6.45) is -32.7. The Kier molecular flexibility index (Phi) is 17.2. The molecule has 25 nitrogen and oxygen atoms in total. The lowest BCUT2D eigenvalue weighted by Gasteiger charge is -2.51. The molecular weight excluding hydrogens is 764 g/mol. The highest BCUT2D eigenvalue weighted by molar-refractivity contribution is 7.80. The third kappa shape index (κ3) is 11.6. The number of hydrogen-bond acceptors (Lipinski definition) is 22. The van der Waals surface area contributed by atoms with Gasteiger partial charge in [0.25, 0.3) is 0 Å². The van der Waals surface area contributed by atoms with Gasteiger partial charge in [0, 0.05) is 13.8 Å². The van der Waals surface area contributed by atoms with E-state index in [1.54, 1.807) is 0 Å². The minimum atomic E-state index is -5.30. The third-order valence-electron chi connectivity index (χ3n) is 8.83. The predicted octanol–water partition coefficient (Wildman–Crippen LogP) is -8.97. The molecule has 3 rings (SSSR count). The van der Waals surface area contributed by atoms with E-state index >= 15 is 0 Å². The topological polar surface area (TPSA) is 400 Å². The number of aliphatic hydroxyl groups excluding tert-OH is 11. The average molecular weight is 815 g/mol. The molecule has 0 unspecified atom stereocenters. The van der Waals surface area contributed by atoms with Crippen LogP contribution in [-0.2, 0) is 52.6 Å². The summed E-state index contributed by atoms with van der Waals surface area (Å²) in [5.74, 6) is -1.69. The summed E-state index contributed by atoms with van der Waals surface area (Å²) >= 11 is 0. The maximum Gasteiger partial charge on any atom is 0.397 e. The summed E-state index contributed by atoms with van der Waals surface area (Å²) in [4.78, 5) is 24.7. The Morgan fingerprint density at radius 2 is 1.30 bits per heavy atom. The lowest BCUT2D eigenvalue weighted by molar-refractivity contribution is -0.377. The molecule has 14 N–H and O–H groups in total. The second-order valence-electron chi connectivity index (χ2n) is 12.9. The number of ether oxygens (including phenoxy) is 6. The van der Waals surface area contributed by atoms with E-state index in [1.165, 1.54) is 6.92 Å². The van der Waals surface area contributed by atoms with Gasteiger partial charge >= 0.3 is 10.4 Å². The summed E-state index contributed by atoms with van der Waals surface area (Å²) in [6, 6.07) is -3.46. The lowest BCUT2D eigenvalue weighted by atomic mass is 9.94. The fourth-order valence-electron chi connectivity index (χ4n) is 6.02. The van der Waals surface area contributed by atoms with E-state index in [1.807, 2.05) is 0 Å². The maximum absolute atomic E-state index is 12.7. The summed E-state index contributed by atoms with van der Waals surface area (Å²) in [5.41, 5.74) is 0. The Morgan fingerprint density at radius 3 is 1.81 bits per heavy atom. The zero-order valence-corrected chi connectivity index (χ0v) is 29.9. The van der Waals surface area contributed by atoms with Gasteiger partial charge in [0.05, 0.1) is 38.6 Å². The minimum Gasteiger partial charge on any atom is -0.394 e. The molecule has 3 saturated heterocycles. The molecular formula is C28H50N2O23S. The molecule has 3 aliphatic rings. The summed E-state index contributed by atoms with van der Waals surface area (Å²) in [7, 11) is -5.30. The van der Waals surface area contributed by atoms with Gasteiger partial charge in [-0.3, -0.25) is 14.1 Å². The van der Waals surface area contributed by atoms with Crippen LogP contribution in [-0.4, -0.2) is 224 Å². The standard InChI is InChI=1S/C28H50N2O23S/c1-8-16(37)19(40)21(42)27(48-8)52-24-14(7-47-54(44,45)46)50-26(51-23(17(38)12(36)5-32)11(4-31)29-9(2)34)15(30-10(3)35)25(24)53-28-22(43)20(41)18(39)13(6-33)49-28/h8,11-28,31-33,36-43H,4-7H2,1-3H3,(H,29,34)(H,30,35)(H,44,45,46)/t8-,11-,12+,13+,14+,15+,16+,17-,18-,19+,20-,21-,22+,23+,24+,25+,26-,27-,28+/m0/s1. The van der Waals surface area contributed by atoms with Crippen LogP contribution in [0.15, 0.2) is 0 Å². The fraction of sp³-hybridized carbons (Fsp3) is 0.929. The monoisotopic (exact) mass is 814 g/mol. The first-order valence-electron chi connectivity index (χ1n) is 16.5. The van der Waals surface area contributed by atoms with Crippen LogP contribution in [0, 0.1) is 0 Å². The SMILES string of the molecule is CC(=O)N[C@H]1[C@H](O[C@@H]([C@@H](O)[C@H](O)CO)[C@H](CO)NC(C)=O)O[C@H](COS(=O)(=O)O)[C@@H](O[C@@H]2O[C@@H](C)[C@@H](O)[C@@H](O)[C@@H]2O)[C@@H]1O[C@H]1O[C@H](CO)[C@H](O)[C@H](O)[C@H]1O. The Balaban J connectivity index is 2.23. The van der Waals surface area contributed by atoms with Gasteiger partial charge < -0.3 is 95.2 Å².